The van der Waals surface area contributed by atoms with Crippen molar-refractivity contribution in [2.75, 3.05) is 6.61 Å². The van der Waals surface area contributed by atoms with Crippen LogP contribution in [0.1, 0.15) is 101 Å². The van der Waals surface area contributed by atoms with E-state index < -0.39 is 133 Å². The van der Waals surface area contributed by atoms with Gasteiger partial charge in [0.15, 0.2) is 43.8 Å². The smallest absolute Gasteiger partial charge is 0.338 e. The fourth-order valence-corrected chi connectivity index (χ4v) is 14.2. The molecule has 0 aromatic heterocycles. The normalized spacial score (nSPS) is 29.9. The van der Waals surface area contributed by atoms with Crippen LogP contribution in [0.25, 0.3) is 0 Å². The maximum absolute atomic E-state index is 15.8. The largest absolute Gasteiger partial charge is 0.456 e. The molecule has 1 saturated heterocycles. The number of aliphatic hydroxyl groups excluding tert-OH is 1. The molecule has 3 N–H and O–H groups in total. The van der Waals surface area contributed by atoms with Crippen molar-refractivity contribution in [1.29, 1.82) is 0 Å². The molecule has 1 aliphatic heterocycles. The zero-order valence-electron chi connectivity index (χ0n) is 41.0. The third-order valence-corrected chi connectivity index (χ3v) is 20.2. The Kier molecular flexibility index (Phi) is 14.7. The van der Waals surface area contributed by atoms with Gasteiger partial charge in [0.2, 0.25) is 0 Å². The molecular formula is C53H63NO15Si. The fourth-order valence-electron chi connectivity index (χ4n) is 11.5. The molecule has 16 nitrogen and oxygen atoms in total. The van der Waals surface area contributed by atoms with Crippen LogP contribution in [0.15, 0.2) is 102 Å². The molecule has 1 amide bonds. The summed E-state index contributed by atoms with van der Waals surface area (Å²) in [5.41, 5.74) is -7.79. The first kappa shape index (κ1) is 52.0. The van der Waals surface area contributed by atoms with Gasteiger partial charge in [0.25, 0.3) is 5.91 Å². The first-order valence-electron chi connectivity index (χ1n) is 23.8. The van der Waals surface area contributed by atoms with Crippen LogP contribution in [0.5, 0.6) is 0 Å². The second-order valence-corrected chi connectivity index (χ2v) is 24.4. The third kappa shape index (κ3) is 8.73. The highest BCUT2D eigenvalue weighted by Gasteiger charge is 2.80. The van der Waals surface area contributed by atoms with Crippen LogP contribution in [0.3, 0.4) is 0 Å². The molecule has 3 fully saturated rings. The summed E-state index contributed by atoms with van der Waals surface area (Å²) in [4.78, 5) is 100. The predicted molar refractivity (Wildman–Crippen MR) is 254 cm³/mol. The fraction of sp³-hybridized carbons (Fsp3) is 0.491. The van der Waals surface area contributed by atoms with Crippen molar-refractivity contribution in [2.45, 2.75) is 141 Å². The van der Waals surface area contributed by atoms with Crippen molar-refractivity contribution in [3.63, 3.8) is 0 Å². The zero-order valence-corrected chi connectivity index (χ0v) is 42.0. The number of nitrogens with one attached hydrogen (secondary N) is 1. The first-order valence-corrected chi connectivity index (χ1v) is 26.3. The number of ketones is 2. The number of benzene rings is 3. The van der Waals surface area contributed by atoms with Crippen LogP contribution >= 0.6 is 0 Å². The number of fused-ring (bicyclic) bond motifs is 5. The van der Waals surface area contributed by atoms with Gasteiger partial charge in [-0.1, -0.05) is 101 Å². The summed E-state index contributed by atoms with van der Waals surface area (Å²) in [6.45, 7) is 13.4. The molecule has 0 spiro atoms. The molecule has 4 aliphatic rings. The Morgan fingerprint density at radius 3 is 1.87 bits per heavy atom. The second-order valence-electron chi connectivity index (χ2n) is 19.6. The average molecular weight is 982 g/mol. The van der Waals surface area contributed by atoms with Crippen molar-refractivity contribution in [3.8, 4) is 0 Å². The summed E-state index contributed by atoms with van der Waals surface area (Å²) in [5.74, 6) is -8.13. The first-order chi connectivity index (χ1) is 33.1. The molecule has 7 rings (SSSR count). The number of Topliss-reactive ketones (excluding diaryl/α,β-unsaturated/α-hetero) is 2. The standard InChI is InChI=1S/C53H63NO15Si/c1-10-70(11-2,12-3)69-41(38(33-22-16-13-17-23-33)54-47(60)34-24-18-14-19-25-34)49(62)66-36-28-53(63)46(67-48(61)35-26-20-15-21-27-35)42-51(9,43(58)39(57)45-52(42,29-64-45)68-32(6)56)44(59)40(65-31(5)55)37(30(36)4)50(53,7)8/h13-27,36,38,40-43,45-46,58,63H,10-12,28-29H2,1-9H3,(H,54,60)/t36-,38-,40+,41+,42?,43+,45+,46-,51-,52+,53+/m0/s1. The van der Waals surface area contributed by atoms with Gasteiger partial charge in [0.05, 0.1) is 29.5 Å². The minimum Gasteiger partial charge on any atom is -0.456 e. The van der Waals surface area contributed by atoms with E-state index in [-0.39, 0.29) is 16.7 Å². The van der Waals surface area contributed by atoms with Crippen molar-refractivity contribution >= 4 is 49.7 Å². The number of hydrogen-bond acceptors (Lipinski definition) is 15. The maximum Gasteiger partial charge on any atom is 0.338 e. The quantitative estimate of drug-likeness (QED) is 0.0693. The lowest BCUT2D eigenvalue weighted by atomic mass is 9.44. The van der Waals surface area contributed by atoms with Crippen LogP contribution < -0.4 is 5.32 Å². The molecule has 11 atom stereocenters. The van der Waals surface area contributed by atoms with Gasteiger partial charge in [-0.05, 0) is 73.0 Å². The minimum atomic E-state index is -2.77. The molecule has 1 heterocycles. The van der Waals surface area contributed by atoms with E-state index >= 15 is 9.59 Å². The highest BCUT2D eigenvalue weighted by atomic mass is 28.4. The van der Waals surface area contributed by atoms with E-state index in [9.17, 15) is 34.2 Å². The Morgan fingerprint density at radius 2 is 1.36 bits per heavy atom. The number of amides is 1. The summed E-state index contributed by atoms with van der Waals surface area (Å²) in [5, 5.41) is 29.2. The lowest BCUT2D eigenvalue weighted by molar-refractivity contribution is -0.327. The Bertz CT molecular complexity index is 2540. The number of esters is 4. The van der Waals surface area contributed by atoms with Crippen molar-refractivity contribution < 1.29 is 71.9 Å². The maximum atomic E-state index is 15.8. The predicted octanol–water partition coefficient (Wildman–Crippen LogP) is 5.94. The van der Waals surface area contributed by atoms with E-state index in [1.807, 2.05) is 20.8 Å². The molecular weight excluding hydrogens is 919 g/mol. The van der Waals surface area contributed by atoms with Gasteiger partial charge in [-0.25, -0.2) is 9.59 Å². The Hall–Kier alpha value is -5.85. The summed E-state index contributed by atoms with van der Waals surface area (Å²) in [6, 6.07) is 25.7. The van der Waals surface area contributed by atoms with Gasteiger partial charge < -0.3 is 43.6 Å². The minimum absolute atomic E-state index is 0.0258. The molecule has 2 bridgehead atoms. The molecule has 0 radical (unpaired) electrons. The summed E-state index contributed by atoms with van der Waals surface area (Å²) < 4.78 is 37.7. The number of ether oxygens (including phenoxy) is 5. The molecule has 3 aliphatic carbocycles. The number of aliphatic hydroxyl groups is 2. The molecule has 17 heteroatoms. The van der Waals surface area contributed by atoms with Crippen molar-refractivity contribution in [1.82, 2.24) is 5.32 Å². The second kappa shape index (κ2) is 19.7. The number of carbonyl (C=O) groups excluding carboxylic acids is 7. The van der Waals surface area contributed by atoms with Gasteiger partial charge in [-0.3, -0.25) is 24.0 Å². The van der Waals surface area contributed by atoms with Crippen LogP contribution in [-0.4, -0.2) is 114 Å². The van der Waals surface area contributed by atoms with Crippen LogP contribution in [0.4, 0.5) is 0 Å². The van der Waals surface area contributed by atoms with Gasteiger partial charge >= 0.3 is 23.9 Å². The molecule has 1 unspecified atom stereocenters. The van der Waals surface area contributed by atoms with Crippen molar-refractivity contribution in [2.24, 2.45) is 16.7 Å². The summed E-state index contributed by atoms with van der Waals surface area (Å²) in [7, 11) is -2.77. The molecule has 2 saturated carbocycles. The number of rotatable bonds is 15. The zero-order chi connectivity index (χ0) is 51.1. The lowest BCUT2D eigenvalue weighted by Gasteiger charge is -2.66. The van der Waals surface area contributed by atoms with E-state index in [0.29, 0.717) is 29.3 Å². The van der Waals surface area contributed by atoms with Gasteiger partial charge in [-0.2, -0.15) is 0 Å². The Balaban J connectivity index is 1.46. The monoisotopic (exact) mass is 981 g/mol. The molecule has 70 heavy (non-hydrogen) atoms. The topological polar surface area (TPSA) is 227 Å². The average Bonchev–Trinajstić information content (AvgIpc) is 3.33. The van der Waals surface area contributed by atoms with Gasteiger partial charge in [0, 0.05) is 31.2 Å². The Labute approximate surface area is 408 Å². The molecule has 3 aromatic rings. The van der Waals surface area contributed by atoms with Crippen LogP contribution in [-0.2, 0) is 52.1 Å². The Morgan fingerprint density at radius 1 is 0.800 bits per heavy atom. The number of hydrogen-bond donors (Lipinski definition) is 3. The van der Waals surface area contributed by atoms with E-state index in [2.05, 4.69) is 5.32 Å². The molecule has 3 aromatic carbocycles. The summed E-state index contributed by atoms with van der Waals surface area (Å²) in [6.07, 6.45) is -11.4. The van der Waals surface area contributed by atoms with Crippen LogP contribution in [0.2, 0.25) is 18.1 Å². The van der Waals surface area contributed by atoms with E-state index in [4.69, 9.17) is 28.1 Å². The van der Waals surface area contributed by atoms with E-state index in [1.165, 1.54) is 19.1 Å². The van der Waals surface area contributed by atoms with E-state index in [0.717, 1.165) is 13.8 Å². The number of carbonyl (C=O) groups is 7. The molecule has 374 valence electrons. The third-order valence-electron chi connectivity index (χ3n) is 15.6. The van der Waals surface area contributed by atoms with Crippen molar-refractivity contribution in [3.05, 3.63) is 119 Å². The highest BCUT2D eigenvalue weighted by molar-refractivity contribution is 6.73. The van der Waals surface area contributed by atoms with Gasteiger partial charge in [0.1, 0.15) is 23.9 Å². The van der Waals surface area contributed by atoms with Gasteiger partial charge in [-0.15, -0.1) is 0 Å². The lowest BCUT2D eigenvalue weighted by Crippen LogP contribution is -2.84. The SMILES string of the molecule is CC[Si](CC)(CC)O[C@@H](C(=O)O[C@H]1C[C@@]2(O)[C@@H](OC(=O)c3ccccc3)C3[C@](C)(C(=O)[C@H](OC(C)=O)C(=C1C)C2(C)C)[C@H](O)C(=O)[C@H]1OC[C@@]31OC(C)=O)[C@@H](NC(=O)c1ccccc1)c1ccccc1. The highest BCUT2D eigenvalue weighted by Crippen LogP contribution is 2.64. The van der Waals surface area contributed by atoms with E-state index in [1.54, 1.807) is 99.6 Å². The summed E-state index contributed by atoms with van der Waals surface area (Å²) >= 11 is 0. The van der Waals surface area contributed by atoms with Crippen LogP contribution in [0, 0.1) is 16.7 Å².